The van der Waals surface area contributed by atoms with E-state index in [1.807, 2.05) is 36.4 Å². The van der Waals surface area contributed by atoms with Crippen LogP contribution in [0.2, 0.25) is 0 Å². The smallest absolute Gasteiger partial charge is 0.310 e. The molecule has 3 rings (SSSR count). The van der Waals surface area contributed by atoms with Crippen molar-refractivity contribution in [2.75, 3.05) is 6.61 Å². The fourth-order valence-electron chi connectivity index (χ4n) is 2.34. The molecule has 0 fully saturated rings. The van der Waals surface area contributed by atoms with Crippen LogP contribution in [0, 0.1) is 0 Å². The van der Waals surface area contributed by atoms with Crippen LogP contribution < -0.4 is 5.43 Å². The molecule has 0 spiro atoms. The van der Waals surface area contributed by atoms with Gasteiger partial charge in [-0.2, -0.15) is 0 Å². The average molecular weight is 298 g/mol. The molecular weight excluding hydrogens is 284 g/mol. The molecule has 0 amide bonds. The summed E-state index contributed by atoms with van der Waals surface area (Å²) in [7, 11) is 0. The number of hydrogen-bond donors (Lipinski definition) is 0. The standard InChI is InChI=1S/C17H14O3S/c1-2-20-16(18)10-11-7-8-15-13(9-11)17(19)12-5-3-4-6-14(12)21-15/h3-9H,2,10H2,1H3. The zero-order chi connectivity index (χ0) is 14.8. The van der Waals surface area contributed by atoms with Crippen molar-refractivity contribution in [1.29, 1.82) is 0 Å². The highest BCUT2D eigenvalue weighted by Gasteiger charge is 2.09. The Kier molecular flexibility index (Phi) is 3.71. The monoisotopic (exact) mass is 298 g/mol. The van der Waals surface area contributed by atoms with Gasteiger partial charge in [0.1, 0.15) is 0 Å². The normalized spacial score (nSPS) is 10.9. The molecular formula is C17H14O3S. The number of carbonyl (C=O) groups is 1. The number of benzene rings is 2. The van der Waals surface area contributed by atoms with E-state index < -0.39 is 0 Å². The molecule has 0 radical (unpaired) electrons. The van der Waals surface area contributed by atoms with Crippen LogP contribution in [-0.4, -0.2) is 12.6 Å². The van der Waals surface area contributed by atoms with E-state index >= 15 is 0 Å². The van der Waals surface area contributed by atoms with Gasteiger partial charge >= 0.3 is 5.97 Å². The van der Waals surface area contributed by atoms with Crippen molar-refractivity contribution in [1.82, 2.24) is 0 Å². The summed E-state index contributed by atoms with van der Waals surface area (Å²) in [4.78, 5) is 24.1. The molecule has 106 valence electrons. The Morgan fingerprint density at radius 2 is 1.86 bits per heavy atom. The first kappa shape index (κ1) is 13.8. The zero-order valence-corrected chi connectivity index (χ0v) is 12.4. The third-order valence-electron chi connectivity index (χ3n) is 3.29. The van der Waals surface area contributed by atoms with E-state index in [9.17, 15) is 9.59 Å². The Morgan fingerprint density at radius 1 is 1.10 bits per heavy atom. The SMILES string of the molecule is CCOC(=O)Cc1ccc2sc3ccccc3c(=O)c2c1. The van der Waals surface area contributed by atoms with Crippen LogP contribution in [0.5, 0.6) is 0 Å². The quantitative estimate of drug-likeness (QED) is 0.549. The second-order valence-corrected chi connectivity index (χ2v) is 5.82. The maximum atomic E-state index is 12.5. The summed E-state index contributed by atoms with van der Waals surface area (Å²) >= 11 is 1.59. The van der Waals surface area contributed by atoms with Crippen LogP contribution in [0.3, 0.4) is 0 Å². The van der Waals surface area contributed by atoms with Gasteiger partial charge in [0.25, 0.3) is 0 Å². The first-order chi connectivity index (χ1) is 10.2. The molecule has 2 aromatic carbocycles. The minimum absolute atomic E-state index is 0.0186. The Morgan fingerprint density at radius 3 is 2.67 bits per heavy atom. The van der Waals surface area contributed by atoms with Crippen molar-refractivity contribution in [3.05, 3.63) is 58.3 Å². The molecule has 0 aliphatic rings. The van der Waals surface area contributed by atoms with Crippen LogP contribution >= 0.6 is 11.3 Å². The van der Waals surface area contributed by atoms with Gasteiger partial charge in [-0.15, -0.1) is 11.3 Å². The van der Waals surface area contributed by atoms with Crippen LogP contribution in [0.1, 0.15) is 12.5 Å². The first-order valence-electron chi connectivity index (χ1n) is 6.79. The molecule has 1 aromatic heterocycles. The second-order valence-electron chi connectivity index (χ2n) is 4.74. The summed E-state index contributed by atoms with van der Waals surface area (Å²) in [5.74, 6) is -0.270. The maximum Gasteiger partial charge on any atom is 0.310 e. The van der Waals surface area contributed by atoms with Gasteiger partial charge in [-0.05, 0) is 36.8 Å². The predicted octanol–water partition coefficient (Wildman–Crippen LogP) is 3.52. The summed E-state index contributed by atoms with van der Waals surface area (Å²) in [6.45, 7) is 2.15. The van der Waals surface area contributed by atoms with Gasteiger partial charge in [0.2, 0.25) is 0 Å². The first-order valence-corrected chi connectivity index (χ1v) is 7.61. The summed E-state index contributed by atoms with van der Waals surface area (Å²) in [5.41, 5.74) is 0.825. The summed E-state index contributed by atoms with van der Waals surface area (Å²) < 4.78 is 6.86. The third kappa shape index (κ3) is 2.67. The highest BCUT2D eigenvalue weighted by Crippen LogP contribution is 2.25. The number of ether oxygens (including phenoxy) is 1. The minimum Gasteiger partial charge on any atom is -0.466 e. The van der Waals surface area contributed by atoms with Gasteiger partial charge < -0.3 is 4.74 Å². The lowest BCUT2D eigenvalue weighted by atomic mass is 10.1. The van der Waals surface area contributed by atoms with Crippen LogP contribution in [0.4, 0.5) is 0 Å². The van der Waals surface area contributed by atoms with Crippen molar-refractivity contribution < 1.29 is 9.53 Å². The Bertz CT molecular complexity index is 880. The predicted molar refractivity (Wildman–Crippen MR) is 85.9 cm³/mol. The fraction of sp³-hybridized carbons (Fsp3) is 0.176. The molecule has 3 nitrogen and oxygen atoms in total. The fourth-order valence-corrected chi connectivity index (χ4v) is 3.39. The van der Waals surface area contributed by atoms with E-state index in [0.29, 0.717) is 12.0 Å². The van der Waals surface area contributed by atoms with Gasteiger partial charge in [-0.1, -0.05) is 18.2 Å². The van der Waals surface area contributed by atoms with Gasteiger partial charge in [0.05, 0.1) is 13.0 Å². The molecule has 3 aromatic rings. The third-order valence-corrected chi connectivity index (χ3v) is 4.45. The second kappa shape index (κ2) is 5.66. The van der Waals surface area contributed by atoms with E-state index in [2.05, 4.69) is 0 Å². The number of fused-ring (bicyclic) bond motifs is 2. The highest BCUT2D eigenvalue weighted by atomic mass is 32.1. The maximum absolute atomic E-state index is 12.5. The molecule has 0 saturated carbocycles. The number of carbonyl (C=O) groups excluding carboxylic acids is 1. The van der Waals surface area contributed by atoms with Crippen LogP contribution in [0.25, 0.3) is 20.2 Å². The number of rotatable bonds is 3. The molecule has 21 heavy (non-hydrogen) atoms. The van der Waals surface area contributed by atoms with Crippen molar-refractivity contribution in [2.24, 2.45) is 0 Å². The van der Waals surface area contributed by atoms with Crippen molar-refractivity contribution in [2.45, 2.75) is 13.3 Å². The minimum atomic E-state index is -0.270. The molecule has 0 N–H and O–H groups in total. The molecule has 0 saturated heterocycles. The summed E-state index contributed by atoms with van der Waals surface area (Å²) in [5, 5.41) is 1.39. The molecule has 1 heterocycles. The van der Waals surface area contributed by atoms with Crippen molar-refractivity contribution in [3.8, 4) is 0 Å². The summed E-state index contributed by atoms with van der Waals surface area (Å²) in [6, 6.07) is 13.2. The molecule has 0 unspecified atom stereocenters. The Hall–Kier alpha value is -2.20. The lowest BCUT2D eigenvalue weighted by Gasteiger charge is -2.05. The topological polar surface area (TPSA) is 43.4 Å². The van der Waals surface area contributed by atoms with Crippen LogP contribution in [0.15, 0.2) is 47.3 Å². The van der Waals surface area contributed by atoms with Gasteiger partial charge in [0.15, 0.2) is 5.43 Å². The molecule has 0 aliphatic heterocycles. The lowest BCUT2D eigenvalue weighted by Crippen LogP contribution is -2.08. The van der Waals surface area contributed by atoms with E-state index in [0.717, 1.165) is 20.3 Å². The Balaban J connectivity index is 2.12. The molecule has 0 aliphatic carbocycles. The zero-order valence-electron chi connectivity index (χ0n) is 11.6. The van der Waals surface area contributed by atoms with E-state index in [1.54, 1.807) is 24.3 Å². The van der Waals surface area contributed by atoms with E-state index in [4.69, 9.17) is 4.74 Å². The van der Waals surface area contributed by atoms with E-state index in [1.165, 1.54) is 0 Å². The Labute approximate surface area is 125 Å². The van der Waals surface area contributed by atoms with Crippen LogP contribution in [-0.2, 0) is 16.0 Å². The highest BCUT2D eigenvalue weighted by molar-refractivity contribution is 7.24. The van der Waals surface area contributed by atoms with Gasteiger partial charge in [-0.25, -0.2) is 0 Å². The summed E-state index contributed by atoms with van der Waals surface area (Å²) in [6.07, 6.45) is 0.195. The molecule has 0 atom stereocenters. The largest absolute Gasteiger partial charge is 0.466 e. The van der Waals surface area contributed by atoms with Crippen molar-refractivity contribution in [3.63, 3.8) is 0 Å². The van der Waals surface area contributed by atoms with Crippen molar-refractivity contribution >= 4 is 37.5 Å². The van der Waals surface area contributed by atoms with Gasteiger partial charge in [-0.3, -0.25) is 9.59 Å². The molecule has 4 heteroatoms. The van der Waals surface area contributed by atoms with E-state index in [-0.39, 0.29) is 17.8 Å². The number of hydrogen-bond acceptors (Lipinski definition) is 4. The number of esters is 1. The lowest BCUT2D eigenvalue weighted by molar-refractivity contribution is -0.142. The molecule has 0 bridgehead atoms. The average Bonchev–Trinajstić information content (AvgIpc) is 2.48. The van der Waals surface area contributed by atoms with Gasteiger partial charge in [0, 0.05) is 20.2 Å².